The number of hydrogen-bond acceptors (Lipinski definition) is 22. The van der Waals surface area contributed by atoms with E-state index in [1.165, 1.54) is 5.56 Å². The topological polar surface area (TPSA) is 207 Å². The van der Waals surface area contributed by atoms with Crippen LogP contribution < -0.4 is 39.2 Å². The Balaban J connectivity index is 0.000000107. The molecule has 0 aliphatic carbocycles. The summed E-state index contributed by atoms with van der Waals surface area (Å²) in [6, 6.07) is 42.9. The monoisotopic (exact) mass is 1460 g/mol. The lowest BCUT2D eigenvalue weighted by Crippen LogP contribution is -2.42. The summed E-state index contributed by atoms with van der Waals surface area (Å²) >= 11 is 0. The summed E-state index contributed by atoms with van der Waals surface area (Å²) in [4.78, 5) is 64.5. The largest absolute Gasteiger partial charge is 0.435 e. The van der Waals surface area contributed by atoms with E-state index >= 15 is 0 Å². The van der Waals surface area contributed by atoms with Crippen LogP contribution in [0.2, 0.25) is 0 Å². The van der Waals surface area contributed by atoms with E-state index < -0.39 is 0 Å². The van der Waals surface area contributed by atoms with E-state index in [-0.39, 0.29) is 24.7 Å². The molecule has 22 nitrogen and oxygen atoms in total. The first-order chi connectivity index (χ1) is 53.0. The fourth-order valence-corrected chi connectivity index (χ4v) is 17.0. The predicted molar refractivity (Wildman–Crippen MR) is 444 cm³/mol. The van der Waals surface area contributed by atoms with Crippen molar-refractivity contribution >= 4 is 157 Å². The molecule has 0 N–H and O–H groups in total. The summed E-state index contributed by atoms with van der Waals surface area (Å²) in [5.74, 6) is 5.50. The smallest absolute Gasteiger partial charge is 0.227 e. The van der Waals surface area contributed by atoms with Crippen LogP contribution in [-0.4, -0.2) is 99.7 Å². The van der Waals surface area contributed by atoms with Crippen molar-refractivity contribution in [1.82, 2.24) is 49.8 Å². The normalized spacial score (nSPS) is 16.6. The highest BCUT2D eigenvalue weighted by Gasteiger charge is 2.43. The SMILES string of the molecule is Cc1ccc2c(n1)oc1c(N3c4cccnc4N(C(C)C)C3C)c(C)ccc12.Cc1ccc2c(n1)oc1c(N3c4ncccc4N(C(C)C)C3C)c(C)ccc12.Cc1ccc2c(n1)oc1c(N3c4nccnc4N(C(C)C)C3C)c(C)ccc12.Cc1ccc2c(n1)oc1c(N3c4nccnc4N(C)C3C)c(C)ccc12. The molecule has 4 atom stereocenters. The van der Waals surface area contributed by atoms with Crippen LogP contribution in [0.15, 0.2) is 176 Å². The second kappa shape index (κ2) is 27.0. The van der Waals surface area contributed by atoms with Crippen LogP contribution in [-0.2, 0) is 0 Å². The number of aryl methyl sites for hydroxylation is 8. The molecular formula is C88H90N18O4. The molecule has 0 spiro atoms. The average Bonchev–Trinajstić information content (AvgIpc) is 1.59. The van der Waals surface area contributed by atoms with Gasteiger partial charge in [0.15, 0.2) is 57.2 Å². The van der Waals surface area contributed by atoms with E-state index in [2.05, 4.69) is 261 Å². The second-order valence-corrected chi connectivity index (χ2v) is 30.3. The predicted octanol–water partition coefficient (Wildman–Crippen LogP) is 20.8. The van der Waals surface area contributed by atoms with Crippen LogP contribution in [0.25, 0.3) is 88.3 Å². The minimum absolute atomic E-state index is 0.0737. The summed E-state index contributed by atoms with van der Waals surface area (Å²) in [7, 11) is 2.04. The molecule has 4 aliphatic heterocycles. The number of anilines is 12. The molecule has 4 aliphatic rings. The summed E-state index contributed by atoms with van der Waals surface area (Å²) in [5, 5.41) is 8.51. The Kier molecular flexibility index (Phi) is 17.3. The van der Waals surface area contributed by atoms with Gasteiger partial charge in [0.25, 0.3) is 0 Å². The maximum Gasteiger partial charge on any atom is 0.227 e. The Labute approximate surface area is 638 Å². The molecule has 16 heterocycles. The molecule has 110 heavy (non-hydrogen) atoms. The zero-order valence-electron chi connectivity index (χ0n) is 65.7. The Morgan fingerprint density at radius 3 is 0.973 bits per heavy atom. The standard InChI is InChI=1S/2C23H24N4O.C22H23N5O.C20H19N5O/c1-13(2)26-16(5)27(19-7-6-12-24-22(19)26)20-14(3)8-10-17-18-11-9-15(4)25-23(18)28-21(17)20;1-13(2)26-16(5)27(22-19(26)7-6-12-24-22)20-14(3)8-10-17-18-11-9-15(4)25-23(18)28-21(17)20;1-12(2)26-15(5)27(21-20(26)23-10-11-24-21)18-13(3)6-8-16-17-9-7-14(4)25-22(17)28-19(16)18;1-11-5-7-14-15-8-6-12(2)23-20(15)26-17(14)16(11)25-13(3)24(4)18-19(25)22-10-9-21-18/h2*6-13,16H,1-5H3;6-12,15H,1-5H3;5-10,13H,1-4H3. The molecule has 20 rings (SSSR count). The van der Waals surface area contributed by atoms with Gasteiger partial charge in [-0.2, -0.15) is 0 Å². The number of benzene rings is 4. The molecular weight excluding hydrogens is 1370 g/mol. The van der Waals surface area contributed by atoms with Crippen molar-refractivity contribution in [3.05, 3.63) is 204 Å². The molecule has 0 fully saturated rings. The van der Waals surface area contributed by atoms with Gasteiger partial charge in [0.2, 0.25) is 22.9 Å². The van der Waals surface area contributed by atoms with Gasteiger partial charge in [0, 0.05) is 128 Å². The highest BCUT2D eigenvalue weighted by Crippen LogP contribution is 2.53. The summed E-state index contributed by atoms with van der Waals surface area (Å²) in [6.07, 6.45) is 11.1. The lowest BCUT2D eigenvalue weighted by atomic mass is 10.1. The van der Waals surface area contributed by atoms with Crippen LogP contribution in [0.5, 0.6) is 0 Å². The molecule has 556 valence electrons. The van der Waals surface area contributed by atoms with Gasteiger partial charge >= 0.3 is 0 Å². The fraction of sp³-hybridized carbons (Fsp3) is 0.295. The first-order valence-electron chi connectivity index (χ1n) is 37.9. The molecule has 0 radical (unpaired) electrons. The van der Waals surface area contributed by atoms with Gasteiger partial charge < -0.3 is 47.1 Å². The molecule has 4 aromatic carbocycles. The quantitative estimate of drug-likeness (QED) is 0.145. The van der Waals surface area contributed by atoms with E-state index in [9.17, 15) is 0 Å². The van der Waals surface area contributed by atoms with E-state index in [0.29, 0.717) is 41.0 Å². The van der Waals surface area contributed by atoms with Crippen LogP contribution in [0.1, 0.15) is 114 Å². The van der Waals surface area contributed by atoms with Crippen LogP contribution >= 0.6 is 0 Å². The van der Waals surface area contributed by atoms with Gasteiger partial charge in [0.1, 0.15) is 24.7 Å². The van der Waals surface area contributed by atoms with Crippen LogP contribution in [0.4, 0.5) is 69.0 Å². The van der Waals surface area contributed by atoms with Gasteiger partial charge in [-0.15, -0.1) is 0 Å². The number of pyridine rings is 6. The number of nitrogens with zero attached hydrogens (tertiary/aromatic N) is 18. The number of hydrogen-bond donors (Lipinski definition) is 0. The molecule has 16 aromatic rings. The van der Waals surface area contributed by atoms with E-state index in [1.54, 1.807) is 24.8 Å². The van der Waals surface area contributed by atoms with E-state index in [1.807, 2.05) is 83.5 Å². The number of aromatic nitrogens is 10. The first kappa shape index (κ1) is 70.5. The maximum absolute atomic E-state index is 6.33. The lowest BCUT2D eigenvalue weighted by Gasteiger charge is -2.33. The van der Waals surface area contributed by atoms with Crippen molar-refractivity contribution in [3.8, 4) is 0 Å². The third-order valence-corrected chi connectivity index (χ3v) is 22.1. The Morgan fingerprint density at radius 1 is 0.282 bits per heavy atom. The van der Waals surface area contributed by atoms with Crippen molar-refractivity contribution in [2.45, 2.75) is 167 Å². The summed E-state index contributed by atoms with van der Waals surface area (Å²) in [6.45, 7) is 38.4. The van der Waals surface area contributed by atoms with Crippen molar-refractivity contribution in [1.29, 1.82) is 0 Å². The fourth-order valence-electron chi connectivity index (χ4n) is 17.0. The van der Waals surface area contributed by atoms with Crippen molar-refractivity contribution in [2.24, 2.45) is 0 Å². The number of fused-ring (bicyclic) bond motifs is 16. The number of furan rings is 4. The van der Waals surface area contributed by atoms with Gasteiger partial charge in [-0.25, -0.2) is 49.8 Å². The highest BCUT2D eigenvalue weighted by atomic mass is 16.4. The van der Waals surface area contributed by atoms with E-state index in [4.69, 9.17) is 27.6 Å². The lowest BCUT2D eigenvalue weighted by molar-refractivity contribution is 0.597. The van der Waals surface area contributed by atoms with E-state index in [0.717, 1.165) is 174 Å². The zero-order valence-corrected chi connectivity index (χ0v) is 65.7. The highest BCUT2D eigenvalue weighted by molar-refractivity contribution is 6.13. The molecule has 0 saturated heterocycles. The molecule has 0 saturated carbocycles. The molecule has 0 amide bonds. The minimum Gasteiger partial charge on any atom is -0.435 e. The Bertz CT molecular complexity index is 5860. The van der Waals surface area contributed by atoms with Gasteiger partial charge in [-0.3, -0.25) is 9.80 Å². The van der Waals surface area contributed by atoms with Crippen molar-refractivity contribution < 1.29 is 17.7 Å². The Hall–Kier alpha value is -12.5. The van der Waals surface area contributed by atoms with Gasteiger partial charge in [-0.1, -0.05) is 48.5 Å². The molecule has 0 bridgehead atoms. The Morgan fingerprint density at radius 2 is 0.573 bits per heavy atom. The third-order valence-electron chi connectivity index (χ3n) is 22.1. The summed E-state index contributed by atoms with van der Waals surface area (Å²) in [5.41, 5.74) is 21.1. The first-order valence-corrected chi connectivity index (χ1v) is 37.9. The average molecular weight is 1460 g/mol. The number of rotatable bonds is 7. The minimum atomic E-state index is 0.0737. The molecule has 12 aromatic heterocycles. The molecule has 22 heteroatoms. The summed E-state index contributed by atoms with van der Waals surface area (Å²) < 4.78 is 25.2. The van der Waals surface area contributed by atoms with Gasteiger partial charge in [-0.05, 0) is 220 Å². The van der Waals surface area contributed by atoms with Crippen molar-refractivity contribution in [3.63, 3.8) is 0 Å². The van der Waals surface area contributed by atoms with Crippen LogP contribution in [0, 0.1) is 55.4 Å². The molecule has 4 unspecified atom stereocenters. The second-order valence-electron chi connectivity index (χ2n) is 30.3. The third kappa shape index (κ3) is 11.2. The van der Waals surface area contributed by atoms with Gasteiger partial charge in [0.05, 0.1) is 34.1 Å². The maximum atomic E-state index is 6.33. The zero-order chi connectivity index (χ0) is 76.7. The van der Waals surface area contributed by atoms with Crippen LogP contribution in [0.3, 0.4) is 0 Å². The van der Waals surface area contributed by atoms with Crippen molar-refractivity contribution in [2.75, 3.05) is 46.2 Å².